The van der Waals surface area contributed by atoms with Crippen LogP contribution in [0.3, 0.4) is 0 Å². The largest absolute Gasteiger partial charge is 0.308 e. The van der Waals surface area contributed by atoms with Gasteiger partial charge in [0.05, 0.1) is 29.5 Å². The second kappa shape index (κ2) is 6.18. The monoisotopic (exact) mass is 304 g/mol. The number of rotatable bonds is 4. The summed E-state index contributed by atoms with van der Waals surface area (Å²) in [6.45, 7) is 2.76. The van der Waals surface area contributed by atoms with E-state index in [-0.39, 0.29) is 6.04 Å². The van der Waals surface area contributed by atoms with Crippen LogP contribution in [0.5, 0.6) is 0 Å². The first-order chi connectivity index (χ1) is 10.2. The van der Waals surface area contributed by atoms with Gasteiger partial charge in [0.25, 0.3) is 0 Å². The molecule has 1 aromatic heterocycles. The maximum atomic E-state index is 6.42. The Morgan fingerprint density at radius 2 is 2.19 bits per heavy atom. The summed E-state index contributed by atoms with van der Waals surface area (Å²) in [6.07, 6.45) is 2.82. The zero-order valence-electron chi connectivity index (χ0n) is 12.5. The average molecular weight is 305 g/mol. The summed E-state index contributed by atoms with van der Waals surface area (Å²) in [7, 11) is 4.14. The molecule has 0 saturated heterocycles. The van der Waals surface area contributed by atoms with Gasteiger partial charge in [0.15, 0.2) is 0 Å². The standard InChI is InChI=1S/C16H21ClN4/c1-20(2)9-10-21-16(14(17)11-19-21)15-13-6-4-3-5-12(13)7-8-18-15/h3-6,11,15,18H,7-10H2,1-2H3. The molecule has 0 aliphatic carbocycles. The molecule has 0 amide bonds. The second-order valence-electron chi connectivity index (χ2n) is 5.74. The SMILES string of the molecule is CN(C)CCn1ncc(Cl)c1C1NCCc2ccccc21. The predicted molar refractivity (Wildman–Crippen MR) is 85.8 cm³/mol. The van der Waals surface area contributed by atoms with Gasteiger partial charge in [0.1, 0.15) is 0 Å². The van der Waals surface area contributed by atoms with Crippen LogP contribution in [0, 0.1) is 0 Å². The molecule has 4 nitrogen and oxygen atoms in total. The quantitative estimate of drug-likeness (QED) is 0.941. The Morgan fingerprint density at radius 1 is 1.38 bits per heavy atom. The van der Waals surface area contributed by atoms with Gasteiger partial charge < -0.3 is 10.2 Å². The zero-order chi connectivity index (χ0) is 14.8. The molecule has 3 rings (SSSR count). The molecule has 1 atom stereocenters. The molecule has 0 radical (unpaired) electrons. The van der Waals surface area contributed by atoms with E-state index >= 15 is 0 Å². The van der Waals surface area contributed by atoms with E-state index in [2.05, 4.69) is 53.7 Å². The number of hydrogen-bond donors (Lipinski definition) is 1. The van der Waals surface area contributed by atoms with E-state index in [1.54, 1.807) is 6.20 Å². The molecule has 0 saturated carbocycles. The number of benzene rings is 1. The highest BCUT2D eigenvalue weighted by Gasteiger charge is 2.26. The second-order valence-corrected chi connectivity index (χ2v) is 6.15. The van der Waals surface area contributed by atoms with Crippen molar-refractivity contribution < 1.29 is 0 Å². The minimum atomic E-state index is 0.132. The van der Waals surface area contributed by atoms with Crippen molar-refractivity contribution in [3.63, 3.8) is 0 Å². The van der Waals surface area contributed by atoms with Crippen LogP contribution in [0.2, 0.25) is 5.02 Å². The number of fused-ring (bicyclic) bond motifs is 1. The number of aromatic nitrogens is 2. The third kappa shape index (κ3) is 2.98. The normalized spacial score (nSPS) is 18.0. The maximum absolute atomic E-state index is 6.42. The number of nitrogens with zero attached hydrogens (tertiary/aromatic N) is 3. The number of nitrogens with one attached hydrogen (secondary N) is 1. The van der Waals surface area contributed by atoms with Crippen molar-refractivity contribution in [3.05, 3.63) is 52.3 Å². The van der Waals surface area contributed by atoms with E-state index in [1.165, 1.54) is 11.1 Å². The summed E-state index contributed by atoms with van der Waals surface area (Å²) in [5.41, 5.74) is 3.79. The van der Waals surface area contributed by atoms with E-state index in [4.69, 9.17) is 11.6 Å². The fourth-order valence-corrected chi connectivity index (χ4v) is 3.13. The molecule has 1 aliphatic heterocycles. The minimum absolute atomic E-state index is 0.132. The van der Waals surface area contributed by atoms with Crippen LogP contribution in [0.4, 0.5) is 0 Å². The summed E-state index contributed by atoms with van der Waals surface area (Å²) < 4.78 is 2.03. The Hall–Kier alpha value is -1.36. The van der Waals surface area contributed by atoms with Gasteiger partial charge in [0, 0.05) is 13.1 Å². The van der Waals surface area contributed by atoms with E-state index in [9.17, 15) is 0 Å². The van der Waals surface area contributed by atoms with Crippen molar-refractivity contribution in [2.45, 2.75) is 19.0 Å². The molecule has 112 valence electrons. The third-order valence-corrected chi connectivity index (χ3v) is 4.27. The molecule has 0 fully saturated rings. The Balaban J connectivity index is 1.96. The van der Waals surface area contributed by atoms with Crippen molar-refractivity contribution in [1.82, 2.24) is 20.0 Å². The van der Waals surface area contributed by atoms with Crippen LogP contribution in [0.1, 0.15) is 22.9 Å². The number of halogens is 1. The van der Waals surface area contributed by atoms with Gasteiger partial charge in [-0.15, -0.1) is 0 Å². The summed E-state index contributed by atoms with van der Waals surface area (Å²) in [5, 5.41) is 8.78. The first-order valence-electron chi connectivity index (χ1n) is 7.34. The predicted octanol–water partition coefficient (Wildman–Crippen LogP) is 2.33. The molecule has 1 aromatic carbocycles. The van der Waals surface area contributed by atoms with Gasteiger partial charge >= 0.3 is 0 Å². The Morgan fingerprint density at radius 3 is 3.00 bits per heavy atom. The first kappa shape index (κ1) is 14.6. The lowest BCUT2D eigenvalue weighted by molar-refractivity contribution is 0.364. The lowest BCUT2D eigenvalue weighted by atomic mass is 9.92. The van der Waals surface area contributed by atoms with Gasteiger partial charge in [-0.3, -0.25) is 4.68 Å². The van der Waals surface area contributed by atoms with Crippen LogP contribution >= 0.6 is 11.6 Å². The van der Waals surface area contributed by atoms with Crippen LogP contribution in [-0.4, -0.2) is 41.9 Å². The van der Waals surface area contributed by atoms with Gasteiger partial charge in [0.2, 0.25) is 0 Å². The van der Waals surface area contributed by atoms with Crippen molar-refractivity contribution in [1.29, 1.82) is 0 Å². The molecule has 1 aliphatic rings. The van der Waals surface area contributed by atoms with Crippen LogP contribution in [0.15, 0.2) is 30.5 Å². The van der Waals surface area contributed by atoms with Crippen LogP contribution < -0.4 is 5.32 Å². The molecule has 2 heterocycles. The van der Waals surface area contributed by atoms with Gasteiger partial charge in [-0.25, -0.2) is 0 Å². The highest BCUT2D eigenvalue weighted by molar-refractivity contribution is 6.31. The molecule has 0 bridgehead atoms. The van der Waals surface area contributed by atoms with E-state index in [0.29, 0.717) is 0 Å². The zero-order valence-corrected chi connectivity index (χ0v) is 13.3. The third-order valence-electron chi connectivity index (χ3n) is 3.97. The van der Waals surface area contributed by atoms with E-state index < -0.39 is 0 Å². The van der Waals surface area contributed by atoms with Crippen molar-refractivity contribution >= 4 is 11.6 Å². The Bertz CT molecular complexity index is 620. The fourth-order valence-electron chi connectivity index (χ4n) is 2.88. The Kier molecular flexibility index (Phi) is 4.29. The molecule has 0 spiro atoms. The summed E-state index contributed by atoms with van der Waals surface area (Å²) in [5.74, 6) is 0. The number of hydrogen-bond acceptors (Lipinski definition) is 3. The highest BCUT2D eigenvalue weighted by Crippen LogP contribution is 2.32. The number of likely N-dealkylation sites (N-methyl/N-ethyl adjacent to an activating group) is 1. The highest BCUT2D eigenvalue weighted by atomic mass is 35.5. The van der Waals surface area contributed by atoms with Crippen molar-refractivity contribution in [3.8, 4) is 0 Å². The molecule has 1 N–H and O–H groups in total. The first-order valence-corrected chi connectivity index (χ1v) is 7.71. The fraction of sp³-hybridized carbons (Fsp3) is 0.438. The Labute approximate surface area is 130 Å². The van der Waals surface area contributed by atoms with Gasteiger partial charge in [-0.1, -0.05) is 35.9 Å². The molecular weight excluding hydrogens is 284 g/mol. The molecule has 2 aromatic rings. The molecule has 5 heteroatoms. The minimum Gasteiger partial charge on any atom is -0.308 e. The maximum Gasteiger partial charge on any atom is 0.0837 e. The summed E-state index contributed by atoms with van der Waals surface area (Å²) in [4.78, 5) is 2.15. The molecular formula is C16H21ClN4. The van der Waals surface area contributed by atoms with E-state index in [0.717, 1.165) is 36.8 Å². The van der Waals surface area contributed by atoms with Crippen LogP contribution in [0.25, 0.3) is 0 Å². The summed E-state index contributed by atoms with van der Waals surface area (Å²) in [6, 6.07) is 8.72. The van der Waals surface area contributed by atoms with Crippen LogP contribution in [-0.2, 0) is 13.0 Å². The lowest BCUT2D eigenvalue weighted by Crippen LogP contribution is -2.33. The topological polar surface area (TPSA) is 33.1 Å². The van der Waals surface area contributed by atoms with Crippen molar-refractivity contribution in [2.75, 3.05) is 27.2 Å². The summed E-state index contributed by atoms with van der Waals surface area (Å²) >= 11 is 6.42. The molecule has 21 heavy (non-hydrogen) atoms. The lowest BCUT2D eigenvalue weighted by Gasteiger charge is -2.28. The average Bonchev–Trinajstić information content (AvgIpc) is 2.85. The van der Waals surface area contributed by atoms with Crippen molar-refractivity contribution in [2.24, 2.45) is 0 Å². The van der Waals surface area contributed by atoms with Gasteiger partial charge in [-0.2, -0.15) is 5.10 Å². The smallest absolute Gasteiger partial charge is 0.0837 e. The molecule has 1 unspecified atom stereocenters. The van der Waals surface area contributed by atoms with E-state index in [1.807, 2.05) is 4.68 Å². The van der Waals surface area contributed by atoms with Gasteiger partial charge in [-0.05, 0) is 31.6 Å².